The summed E-state index contributed by atoms with van der Waals surface area (Å²) >= 11 is 0. The molecule has 0 aliphatic heterocycles. The lowest BCUT2D eigenvalue weighted by Crippen LogP contribution is -2.23. The van der Waals surface area contributed by atoms with Crippen molar-refractivity contribution in [1.29, 1.82) is 0 Å². The number of rotatable bonds is 6. The van der Waals surface area contributed by atoms with Crippen molar-refractivity contribution in [2.75, 3.05) is 6.61 Å². The van der Waals surface area contributed by atoms with Crippen LogP contribution in [0.15, 0.2) is 42.5 Å². The van der Waals surface area contributed by atoms with Crippen LogP contribution in [0.3, 0.4) is 0 Å². The third-order valence-corrected chi connectivity index (χ3v) is 6.65. The molecule has 0 saturated heterocycles. The number of ether oxygens (including phenoxy) is 1. The minimum absolute atomic E-state index is 0. The van der Waals surface area contributed by atoms with Gasteiger partial charge >= 0.3 is 5.97 Å². The Morgan fingerprint density at radius 1 is 1.18 bits per heavy atom. The Bertz CT molecular complexity index is 879. The zero-order chi connectivity index (χ0) is 19.7. The standard InChI is InChI=1S/C24H26F2O2.H2/c1-2-28-22(27)15-21-17(9-10-24(21)11-12-24)13-18-6-4-8-20(23(18)26)16-5-3-7-19(25)14-16;/h3-8,14,17,21H,2,9-13,15H2,1H3;1H/t17-,21+;/m0./s1. The SMILES string of the molecule is CCOC(=O)C[C@@H]1[C@H](Cc2cccc(-c3cccc(F)c3)c2F)CCC12CC2.[HH]. The highest BCUT2D eigenvalue weighted by atomic mass is 19.1. The molecule has 2 aliphatic rings. The fraction of sp³-hybridized carbons (Fsp3) is 0.458. The largest absolute Gasteiger partial charge is 0.466 e. The molecule has 2 aliphatic carbocycles. The molecule has 0 amide bonds. The lowest BCUT2D eigenvalue weighted by atomic mass is 9.81. The van der Waals surface area contributed by atoms with Crippen molar-refractivity contribution in [3.05, 3.63) is 59.7 Å². The molecule has 0 N–H and O–H groups in total. The van der Waals surface area contributed by atoms with Crippen molar-refractivity contribution in [3.8, 4) is 11.1 Å². The van der Waals surface area contributed by atoms with Gasteiger partial charge in [-0.1, -0.05) is 30.3 Å². The topological polar surface area (TPSA) is 26.3 Å². The van der Waals surface area contributed by atoms with Gasteiger partial charge in [-0.05, 0) is 79.5 Å². The molecule has 4 heteroatoms. The van der Waals surface area contributed by atoms with Crippen LogP contribution in [0.4, 0.5) is 8.78 Å². The second-order valence-corrected chi connectivity index (χ2v) is 8.27. The maximum Gasteiger partial charge on any atom is 0.306 e. The summed E-state index contributed by atoms with van der Waals surface area (Å²) in [5, 5.41) is 0. The van der Waals surface area contributed by atoms with Crippen molar-refractivity contribution in [1.82, 2.24) is 0 Å². The third-order valence-electron chi connectivity index (χ3n) is 6.65. The maximum absolute atomic E-state index is 15.2. The zero-order valence-corrected chi connectivity index (χ0v) is 16.2. The molecule has 1 spiro atoms. The van der Waals surface area contributed by atoms with Gasteiger partial charge in [0.25, 0.3) is 0 Å². The quantitative estimate of drug-likeness (QED) is 0.554. The average Bonchev–Trinajstić information content (AvgIpc) is 3.38. The monoisotopic (exact) mass is 386 g/mol. The van der Waals surface area contributed by atoms with E-state index in [1.165, 1.54) is 25.0 Å². The molecule has 150 valence electrons. The Kier molecular flexibility index (Phi) is 5.22. The summed E-state index contributed by atoms with van der Waals surface area (Å²) in [4.78, 5) is 12.1. The van der Waals surface area contributed by atoms with Gasteiger partial charge in [0.15, 0.2) is 0 Å². The average molecular weight is 386 g/mol. The molecule has 2 fully saturated rings. The van der Waals surface area contributed by atoms with Crippen LogP contribution < -0.4 is 0 Å². The molecular formula is C24H28F2O2. The molecule has 4 rings (SSSR count). The van der Waals surface area contributed by atoms with Crippen LogP contribution in [0.2, 0.25) is 0 Å². The summed E-state index contributed by atoms with van der Waals surface area (Å²) in [7, 11) is 0. The van der Waals surface area contributed by atoms with E-state index in [9.17, 15) is 9.18 Å². The summed E-state index contributed by atoms with van der Waals surface area (Å²) in [5.74, 6) is -0.240. The van der Waals surface area contributed by atoms with Crippen molar-refractivity contribution in [3.63, 3.8) is 0 Å². The highest BCUT2D eigenvalue weighted by Crippen LogP contribution is 2.64. The minimum atomic E-state index is -0.372. The first-order valence-electron chi connectivity index (χ1n) is 10.2. The lowest BCUT2D eigenvalue weighted by Gasteiger charge is -2.24. The number of benzene rings is 2. The van der Waals surface area contributed by atoms with Crippen LogP contribution in [0, 0.1) is 28.9 Å². The molecule has 2 saturated carbocycles. The van der Waals surface area contributed by atoms with Crippen molar-refractivity contribution in [2.24, 2.45) is 17.3 Å². The van der Waals surface area contributed by atoms with Gasteiger partial charge < -0.3 is 4.74 Å². The Morgan fingerprint density at radius 2 is 1.96 bits per heavy atom. The smallest absolute Gasteiger partial charge is 0.306 e. The highest BCUT2D eigenvalue weighted by Gasteiger charge is 2.56. The molecule has 2 aromatic carbocycles. The minimum Gasteiger partial charge on any atom is -0.466 e. The Hall–Kier alpha value is -2.23. The van der Waals surface area contributed by atoms with Crippen LogP contribution in [0.5, 0.6) is 0 Å². The molecule has 2 nitrogen and oxygen atoms in total. The summed E-state index contributed by atoms with van der Waals surface area (Å²) in [5.41, 5.74) is 1.90. The fourth-order valence-corrected chi connectivity index (χ4v) is 5.07. The van der Waals surface area contributed by atoms with Gasteiger partial charge in [0, 0.05) is 13.4 Å². The number of carbonyl (C=O) groups is 1. The predicted molar refractivity (Wildman–Crippen MR) is 107 cm³/mol. The van der Waals surface area contributed by atoms with Crippen molar-refractivity contribution in [2.45, 2.75) is 45.4 Å². The molecule has 2 atom stereocenters. The second-order valence-electron chi connectivity index (χ2n) is 8.27. The van der Waals surface area contributed by atoms with E-state index in [2.05, 4.69) is 0 Å². The van der Waals surface area contributed by atoms with Gasteiger partial charge in [-0.25, -0.2) is 8.78 Å². The molecule has 0 aromatic heterocycles. The Labute approximate surface area is 166 Å². The van der Waals surface area contributed by atoms with E-state index >= 15 is 4.39 Å². The van der Waals surface area contributed by atoms with Crippen LogP contribution in [0.1, 0.15) is 46.0 Å². The van der Waals surface area contributed by atoms with Gasteiger partial charge in [-0.3, -0.25) is 4.79 Å². The van der Waals surface area contributed by atoms with E-state index in [0.717, 1.165) is 12.8 Å². The molecule has 0 bridgehead atoms. The fourth-order valence-electron chi connectivity index (χ4n) is 5.07. The summed E-state index contributed by atoms with van der Waals surface area (Å²) in [6.07, 6.45) is 5.52. The molecule has 0 heterocycles. The maximum atomic E-state index is 15.2. The normalized spacial score (nSPS) is 22.4. The molecule has 0 unspecified atom stereocenters. The Balaban J connectivity index is 0.00000240. The predicted octanol–water partition coefficient (Wildman–Crippen LogP) is 6.18. The number of hydrogen-bond acceptors (Lipinski definition) is 2. The van der Waals surface area contributed by atoms with E-state index in [4.69, 9.17) is 4.74 Å². The first-order chi connectivity index (χ1) is 13.5. The van der Waals surface area contributed by atoms with Crippen molar-refractivity contribution >= 4 is 5.97 Å². The van der Waals surface area contributed by atoms with E-state index in [1.807, 2.05) is 19.1 Å². The zero-order valence-electron chi connectivity index (χ0n) is 16.2. The first-order valence-corrected chi connectivity index (χ1v) is 10.2. The van der Waals surface area contributed by atoms with E-state index < -0.39 is 0 Å². The van der Waals surface area contributed by atoms with Gasteiger partial charge in [0.2, 0.25) is 0 Å². The second kappa shape index (κ2) is 7.65. The van der Waals surface area contributed by atoms with Gasteiger partial charge in [-0.2, -0.15) is 0 Å². The molecule has 0 radical (unpaired) electrons. The lowest BCUT2D eigenvalue weighted by molar-refractivity contribution is -0.145. The number of hydrogen-bond donors (Lipinski definition) is 0. The third kappa shape index (κ3) is 3.69. The number of halogens is 2. The van der Waals surface area contributed by atoms with E-state index in [-0.39, 0.29) is 36.3 Å². The summed E-state index contributed by atoms with van der Waals surface area (Å²) < 4.78 is 34.0. The van der Waals surface area contributed by atoms with Crippen LogP contribution in [-0.4, -0.2) is 12.6 Å². The molecular weight excluding hydrogens is 358 g/mol. The number of carbonyl (C=O) groups excluding carboxylic acids is 1. The number of esters is 1. The first kappa shape index (κ1) is 19.1. The van der Waals surface area contributed by atoms with Crippen molar-refractivity contribution < 1.29 is 19.7 Å². The van der Waals surface area contributed by atoms with Gasteiger partial charge in [-0.15, -0.1) is 0 Å². The highest BCUT2D eigenvalue weighted by molar-refractivity contribution is 5.70. The van der Waals surface area contributed by atoms with Gasteiger partial charge in [0.1, 0.15) is 11.6 Å². The van der Waals surface area contributed by atoms with E-state index in [1.54, 1.807) is 18.2 Å². The summed E-state index contributed by atoms with van der Waals surface area (Å²) in [6, 6.07) is 11.4. The molecule has 28 heavy (non-hydrogen) atoms. The summed E-state index contributed by atoms with van der Waals surface area (Å²) in [6.45, 7) is 2.22. The van der Waals surface area contributed by atoms with E-state index in [0.29, 0.717) is 36.1 Å². The van der Waals surface area contributed by atoms with Crippen LogP contribution >= 0.6 is 0 Å². The van der Waals surface area contributed by atoms with Gasteiger partial charge in [0.05, 0.1) is 6.61 Å². The van der Waals surface area contributed by atoms with Crippen LogP contribution in [0.25, 0.3) is 11.1 Å². The molecule has 2 aromatic rings. The Morgan fingerprint density at radius 3 is 2.68 bits per heavy atom. The van der Waals surface area contributed by atoms with Crippen LogP contribution in [-0.2, 0) is 16.0 Å².